The number of pyridine rings is 1. The molecule has 2 aromatic carbocycles. The average molecular weight is 404 g/mol. The number of nitrogens with zero attached hydrogens (tertiary/aromatic N) is 3. The predicted octanol–water partition coefficient (Wildman–Crippen LogP) is 3.91. The lowest BCUT2D eigenvalue weighted by Crippen LogP contribution is -2.20. The topological polar surface area (TPSA) is 76.9 Å². The van der Waals surface area contributed by atoms with E-state index < -0.39 is 0 Å². The fourth-order valence-electron chi connectivity index (χ4n) is 3.19. The number of fused-ring (bicyclic) bond motifs is 2. The number of nitrogens with one attached hydrogen (secondary N) is 1. The molecular weight excluding hydrogens is 384 g/mol. The molecular formula is C22H20N4O2S. The maximum atomic E-state index is 12.5. The summed E-state index contributed by atoms with van der Waals surface area (Å²) in [7, 11) is 1.70. The lowest BCUT2D eigenvalue weighted by atomic mass is 10.1. The van der Waals surface area contributed by atoms with Crippen LogP contribution in [0.4, 0.5) is 5.69 Å². The lowest BCUT2D eigenvalue weighted by Gasteiger charge is -2.10. The van der Waals surface area contributed by atoms with Gasteiger partial charge in [0.25, 0.3) is 5.56 Å². The first-order valence-corrected chi connectivity index (χ1v) is 10.3. The van der Waals surface area contributed by atoms with Gasteiger partial charge in [-0.2, -0.15) is 0 Å². The van der Waals surface area contributed by atoms with Crippen LogP contribution in [-0.2, 0) is 11.8 Å². The van der Waals surface area contributed by atoms with Crippen LogP contribution in [0.2, 0.25) is 0 Å². The van der Waals surface area contributed by atoms with E-state index in [0.717, 1.165) is 22.3 Å². The van der Waals surface area contributed by atoms with E-state index in [1.807, 2.05) is 55.5 Å². The number of hydrogen-bond donors (Lipinski definition) is 1. The van der Waals surface area contributed by atoms with E-state index in [1.165, 1.54) is 16.3 Å². The maximum Gasteiger partial charge on any atom is 0.261 e. The van der Waals surface area contributed by atoms with Gasteiger partial charge in [0, 0.05) is 30.3 Å². The predicted molar refractivity (Wildman–Crippen MR) is 117 cm³/mol. The third-order valence-corrected chi connectivity index (χ3v) is 5.65. The zero-order chi connectivity index (χ0) is 20.4. The Labute approximate surface area is 172 Å². The van der Waals surface area contributed by atoms with Crippen molar-refractivity contribution in [1.29, 1.82) is 0 Å². The zero-order valence-corrected chi connectivity index (χ0v) is 17.0. The number of aromatic nitrogens is 3. The van der Waals surface area contributed by atoms with Crippen molar-refractivity contribution in [1.82, 2.24) is 14.5 Å². The van der Waals surface area contributed by atoms with Gasteiger partial charge < -0.3 is 5.32 Å². The lowest BCUT2D eigenvalue weighted by molar-refractivity contribution is -0.115. The highest BCUT2D eigenvalue weighted by Crippen LogP contribution is 2.23. The number of rotatable bonds is 5. The summed E-state index contributed by atoms with van der Waals surface area (Å²) in [6.07, 6.45) is 0.309. The third-order valence-electron chi connectivity index (χ3n) is 4.62. The Morgan fingerprint density at radius 2 is 1.69 bits per heavy atom. The van der Waals surface area contributed by atoms with E-state index in [4.69, 9.17) is 0 Å². The molecule has 0 aliphatic carbocycles. The van der Waals surface area contributed by atoms with Gasteiger partial charge in [-0.25, -0.2) is 4.98 Å². The Morgan fingerprint density at radius 1 is 1.03 bits per heavy atom. The molecule has 0 fully saturated rings. The summed E-state index contributed by atoms with van der Waals surface area (Å²) in [4.78, 5) is 34.0. The molecule has 0 unspecified atom stereocenters. The fourth-order valence-corrected chi connectivity index (χ4v) is 4.10. The molecule has 0 spiro atoms. The smallest absolute Gasteiger partial charge is 0.261 e. The second kappa shape index (κ2) is 8.05. The highest BCUT2D eigenvalue weighted by atomic mass is 32.2. The van der Waals surface area contributed by atoms with Crippen molar-refractivity contribution in [3.8, 4) is 0 Å². The number of carbonyl (C=O) groups is 1. The normalized spacial score (nSPS) is 11.1. The van der Waals surface area contributed by atoms with Crippen LogP contribution in [0.3, 0.4) is 0 Å². The molecule has 0 saturated heterocycles. The van der Waals surface area contributed by atoms with Crippen molar-refractivity contribution >= 4 is 45.2 Å². The summed E-state index contributed by atoms with van der Waals surface area (Å²) < 4.78 is 1.53. The van der Waals surface area contributed by atoms with E-state index in [-0.39, 0.29) is 11.5 Å². The highest BCUT2D eigenvalue weighted by molar-refractivity contribution is 7.99. The Balaban J connectivity index is 1.46. The van der Waals surface area contributed by atoms with Crippen molar-refractivity contribution in [2.45, 2.75) is 18.5 Å². The van der Waals surface area contributed by atoms with Crippen LogP contribution in [0.25, 0.3) is 21.8 Å². The Bertz CT molecular complexity index is 1280. The van der Waals surface area contributed by atoms with Crippen LogP contribution in [0, 0.1) is 6.92 Å². The van der Waals surface area contributed by atoms with Crippen molar-refractivity contribution in [3.05, 3.63) is 70.6 Å². The van der Waals surface area contributed by atoms with Crippen LogP contribution in [0.5, 0.6) is 0 Å². The molecule has 1 N–H and O–H groups in total. The second-order valence-corrected chi connectivity index (χ2v) is 7.81. The van der Waals surface area contributed by atoms with Crippen molar-refractivity contribution in [2.75, 3.05) is 11.1 Å². The van der Waals surface area contributed by atoms with Gasteiger partial charge in [-0.3, -0.25) is 19.1 Å². The molecule has 0 atom stereocenters. The SMILES string of the molecule is Cc1cc(NC(=O)CCSc2nc3ccccc3c(=O)n2C)c2ccccc2n1. The van der Waals surface area contributed by atoms with E-state index in [0.29, 0.717) is 28.2 Å². The van der Waals surface area contributed by atoms with Gasteiger partial charge in [-0.15, -0.1) is 0 Å². The molecule has 0 bridgehead atoms. The zero-order valence-electron chi connectivity index (χ0n) is 16.2. The number of benzene rings is 2. The van der Waals surface area contributed by atoms with Crippen LogP contribution >= 0.6 is 11.8 Å². The van der Waals surface area contributed by atoms with Crippen LogP contribution in [0.1, 0.15) is 12.1 Å². The molecule has 6 nitrogen and oxygen atoms in total. The number of hydrogen-bond acceptors (Lipinski definition) is 5. The molecule has 4 rings (SSSR count). The molecule has 29 heavy (non-hydrogen) atoms. The number of thioether (sulfide) groups is 1. The molecule has 2 aromatic heterocycles. The minimum absolute atomic E-state index is 0.0821. The standard InChI is InChI=1S/C22H20N4O2S/c1-14-13-19(15-7-3-5-9-17(15)23-14)24-20(27)11-12-29-22-25-18-10-6-4-8-16(18)21(28)26(22)2/h3-10,13H,11-12H2,1-2H3,(H,23,24,27). The molecule has 0 aliphatic heterocycles. The highest BCUT2D eigenvalue weighted by Gasteiger charge is 2.11. The molecule has 0 radical (unpaired) electrons. The monoisotopic (exact) mass is 404 g/mol. The second-order valence-electron chi connectivity index (χ2n) is 6.75. The first-order chi connectivity index (χ1) is 14.0. The Kier molecular flexibility index (Phi) is 5.31. The fraction of sp³-hybridized carbons (Fsp3) is 0.182. The van der Waals surface area contributed by atoms with Gasteiger partial charge in [0.15, 0.2) is 5.16 Å². The van der Waals surface area contributed by atoms with E-state index >= 15 is 0 Å². The molecule has 146 valence electrons. The van der Waals surface area contributed by atoms with Gasteiger partial charge in [-0.05, 0) is 31.2 Å². The summed E-state index contributed by atoms with van der Waals surface area (Å²) in [6, 6.07) is 16.9. The summed E-state index contributed by atoms with van der Waals surface area (Å²) in [5, 5.41) is 5.10. The van der Waals surface area contributed by atoms with Gasteiger partial charge in [0.2, 0.25) is 5.91 Å². The molecule has 1 amide bonds. The Hall–Kier alpha value is -3.19. The molecule has 0 saturated carbocycles. The summed E-state index contributed by atoms with van der Waals surface area (Å²) in [5.41, 5.74) is 3.05. The van der Waals surface area contributed by atoms with Gasteiger partial charge in [-0.1, -0.05) is 42.1 Å². The minimum Gasteiger partial charge on any atom is -0.325 e. The number of aryl methyl sites for hydroxylation is 1. The van der Waals surface area contributed by atoms with E-state index in [1.54, 1.807) is 13.1 Å². The van der Waals surface area contributed by atoms with Gasteiger partial charge in [0.1, 0.15) is 0 Å². The van der Waals surface area contributed by atoms with E-state index in [2.05, 4.69) is 15.3 Å². The number of anilines is 1. The average Bonchev–Trinajstić information content (AvgIpc) is 2.71. The minimum atomic E-state index is -0.0842. The van der Waals surface area contributed by atoms with Crippen LogP contribution in [-0.4, -0.2) is 26.2 Å². The molecule has 4 aromatic rings. The van der Waals surface area contributed by atoms with Crippen LogP contribution < -0.4 is 10.9 Å². The van der Waals surface area contributed by atoms with Gasteiger partial charge in [0.05, 0.1) is 22.1 Å². The van der Waals surface area contributed by atoms with Crippen LogP contribution in [0.15, 0.2) is 64.5 Å². The summed E-state index contributed by atoms with van der Waals surface area (Å²) in [6.45, 7) is 1.91. The summed E-state index contributed by atoms with van der Waals surface area (Å²) in [5.74, 6) is 0.436. The van der Waals surface area contributed by atoms with E-state index in [9.17, 15) is 9.59 Å². The van der Waals surface area contributed by atoms with Gasteiger partial charge >= 0.3 is 0 Å². The number of para-hydroxylation sites is 2. The van der Waals surface area contributed by atoms with Crippen molar-refractivity contribution < 1.29 is 4.79 Å². The molecule has 7 heteroatoms. The number of carbonyl (C=O) groups excluding carboxylic acids is 1. The molecule has 2 heterocycles. The van der Waals surface area contributed by atoms with Crippen molar-refractivity contribution in [3.63, 3.8) is 0 Å². The van der Waals surface area contributed by atoms with Crippen molar-refractivity contribution in [2.24, 2.45) is 7.05 Å². The first kappa shape index (κ1) is 19.1. The Morgan fingerprint density at radius 3 is 2.45 bits per heavy atom. The quantitative estimate of drug-likeness (QED) is 0.403. The maximum absolute atomic E-state index is 12.5. The third kappa shape index (κ3) is 4.00. The molecule has 0 aliphatic rings. The first-order valence-electron chi connectivity index (χ1n) is 9.28. The largest absolute Gasteiger partial charge is 0.325 e. The summed E-state index contributed by atoms with van der Waals surface area (Å²) >= 11 is 1.40. The number of amides is 1.